The number of esters is 1. The standard InChI is InChI=1S/C13H14ClNO3/c1-2-7-18-12(16)8-11(13(15)17)9-3-5-10(14)6-4-9/h3-6,8H,2,7H2,1H3,(H2,15,17)/b11-8-. The minimum Gasteiger partial charge on any atom is -0.463 e. The predicted octanol–water partition coefficient (Wildman–Crippen LogP) is 2.16. The Morgan fingerprint density at radius 2 is 1.94 bits per heavy atom. The van der Waals surface area contributed by atoms with Crippen LogP contribution in [-0.4, -0.2) is 18.5 Å². The number of carbonyl (C=O) groups is 2. The average molecular weight is 268 g/mol. The molecule has 1 amide bonds. The van der Waals surface area contributed by atoms with Crippen molar-refractivity contribution in [3.05, 3.63) is 40.9 Å². The molecule has 0 spiro atoms. The van der Waals surface area contributed by atoms with Crippen molar-refractivity contribution >= 4 is 29.1 Å². The molecule has 96 valence electrons. The third-order valence-electron chi connectivity index (χ3n) is 2.13. The molecule has 1 aromatic rings. The maximum atomic E-state index is 11.4. The van der Waals surface area contributed by atoms with Gasteiger partial charge in [0.1, 0.15) is 0 Å². The van der Waals surface area contributed by atoms with Crippen LogP contribution in [0.1, 0.15) is 18.9 Å². The van der Waals surface area contributed by atoms with Crippen LogP contribution in [0, 0.1) is 0 Å². The van der Waals surface area contributed by atoms with Gasteiger partial charge in [0.2, 0.25) is 5.91 Å². The monoisotopic (exact) mass is 267 g/mol. The van der Waals surface area contributed by atoms with Gasteiger partial charge in [-0.1, -0.05) is 30.7 Å². The predicted molar refractivity (Wildman–Crippen MR) is 69.9 cm³/mol. The minimum absolute atomic E-state index is 0.104. The Balaban J connectivity index is 2.96. The number of primary amides is 1. The van der Waals surface area contributed by atoms with Crippen molar-refractivity contribution < 1.29 is 14.3 Å². The SMILES string of the molecule is CCCOC(=O)/C=C(\C(N)=O)c1ccc(Cl)cc1. The second-order valence-electron chi connectivity index (χ2n) is 3.60. The third kappa shape index (κ3) is 4.22. The molecule has 0 fully saturated rings. The van der Waals surface area contributed by atoms with Gasteiger partial charge in [-0.2, -0.15) is 0 Å². The Bertz CT molecular complexity index is 466. The molecule has 1 aromatic carbocycles. The molecule has 0 bridgehead atoms. The van der Waals surface area contributed by atoms with Crippen molar-refractivity contribution in [2.45, 2.75) is 13.3 Å². The lowest BCUT2D eigenvalue weighted by Crippen LogP contribution is -2.15. The quantitative estimate of drug-likeness (QED) is 0.656. The van der Waals surface area contributed by atoms with Gasteiger partial charge in [0, 0.05) is 11.1 Å². The molecule has 0 aliphatic carbocycles. The van der Waals surface area contributed by atoms with Crippen molar-refractivity contribution in [3.63, 3.8) is 0 Å². The van der Waals surface area contributed by atoms with Gasteiger partial charge in [0.15, 0.2) is 0 Å². The zero-order valence-corrected chi connectivity index (χ0v) is 10.7. The molecule has 0 heterocycles. The molecule has 0 aromatic heterocycles. The first-order chi connectivity index (χ1) is 8.54. The number of nitrogens with two attached hydrogens (primary N) is 1. The molecule has 1 rings (SSSR count). The molecular weight excluding hydrogens is 254 g/mol. The van der Waals surface area contributed by atoms with Crippen LogP contribution >= 0.6 is 11.6 Å². The second kappa shape index (κ2) is 6.81. The van der Waals surface area contributed by atoms with Crippen LogP contribution in [0.2, 0.25) is 5.02 Å². The number of amides is 1. The lowest BCUT2D eigenvalue weighted by molar-refractivity contribution is -0.137. The average Bonchev–Trinajstić information content (AvgIpc) is 2.34. The van der Waals surface area contributed by atoms with E-state index in [-0.39, 0.29) is 5.57 Å². The highest BCUT2D eigenvalue weighted by atomic mass is 35.5. The van der Waals surface area contributed by atoms with E-state index in [0.29, 0.717) is 23.6 Å². The van der Waals surface area contributed by atoms with Crippen molar-refractivity contribution in [1.82, 2.24) is 0 Å². The molecule has 18 heavy (non-hydrogen) atoms. The lowest BCUT2D eigenvalue weighted by Gasteiger charge is -2.04. The van der Waals surface area contributed by atoms with Gasteiger partial charge in [-0.05, 0) is 24.1 Å². The van der Waals surface area contributed by atoms with Gasteiger partial charge in [-0.15, -0.1) is 0 Å². The van der Waals surface area contributed by atoms with E-state index < -0.39 is 11.9 Å². The van der Waals surface area contributed by atoms with Crippen LogP contribution in [0.4, 0.5) is 0 Å². The topological polar surface area (TPSA) is 69.4 Å². The highest BCUT2D eigenvalue weighted by Crippen LogP contribution is 2.17. The van der Waals surface area contributed by atoms with Gasteiger partial charge < -0.3 is 10.5 Å². The Labute approximate surface area is 110 Å². The molecule has 0 aliphatic heterocycles. The van der Waals surface area contributed by atoms with E-state index in [1.54, 1.807) is 24.3 Å². The van der Waals surface area contributed by atoms with Crippen molar-refractivity contribution in [1.29, 1.82) is 0 Å². The molecule has 0 unspecified atom stereocenters. The Morgan fingerprint density at radius 3 is 2.44 bits per heavy atom. The first-order valence-corrected chi connectivity index (χ1v) is 5.86. The van der Waals surface area contributed by atoms with Gasteiger partial charge in [0.05, 0.1) is 12.2 Å². The van der Waals surface area contributed by atoms with E-state index in [1.165, 1.54) is 0 Å². The lowest BCUT2D eigenvalue weighted by atomic mass is 10.1. The Morgan fingerprint density at radius 1 is 1.33 bits per heavy atom. The van der Waals surface area contributed by atoms with E-state index in [1.807, 2.05) is 6.92 Å². The summed E-state index contributed by atoms with van der Waals surface area (Å²) in [5.74, 6) is -1.27. The first kappa shape index (κ1) is 14.3. The summed E-state index contributed by atoms with van der Waals surface area (Å²) in [4.78, 5) is 22.7. The van der Waals surface area contributed by atoms with E-state index in [9.17, 15) is 9.59 Å². The highest BCUT2D eigenvalue weighted by molar-refractivity contribution is 6.30. The fraction of sp³-hybridized carbons (Fsp3) is 0.231. The van der Waals surface area contributed by atoms with E-state index in [4.69, 9.17) is 22.1 Å². The zero-order valence-electron chi connectivity index (χ0n) is 9.98. The molecule has 0 aliphatic rings. The third-order valence-corrected chi connectivity index (χ3v) is 2.38. The van der Waals surface area contributed by atoms with Crippen LogP contribution in [0.5, 0.6) is 0 Å². The van der Waals surface area contributed by atoms with Gasteiger partial charge in [0.25, 0.3) is 0 Å². The summed E-state index contributed by atoms with van der Waals surface area (Å²) < 4.78 is 4.87. The fourth-order valence-electron chi connectivity index (χ4n) is 1.29. The normalized spacial score (nSPS) is 11.1. The van der Waals surface area contributed by atoms with Crippen LogP contribution in [-0.2, 0) is 14.3 Å². The van der Waals surface area contributed by atoms with Crippen molar-refractivity contribution in [2.24, 2.45) is 5.73 Å². The molecular formula is C13H14ClNO3. The van der Waals surface area contributed by atoms with E-state index in [2.05, 4.69) is 0 Å². The molecule has 0 radical (unpaired) electrons. The van der Waals surface area contributed by atoms with Gasteiger partial charge >= 0.3 is 5.97 Å². The number of ether oxygens (including phenoxy) is 1. The number of halogens is 1. The van der Waals surface area contributed by atoms with Crippen LogP contribution in [0.3, 0.4) is 0 Å². The summed E-state index contributed by atoms with van der Waals surface area (Å²) in [6.45, 7) is 2.19. The fourth-order valence-corrected chi connectivity index (χ4v) is 1.41. The molecule has 4 nitrogen and oxygen atoms in total. The summed E-state index contributed by atoms with van der Waals surface area (Å²) >= 11 is 5.74. The Kier molecular flexibility index (Phi) is 5.39. The first-order valence-electron chi connectivity index (χ1n) is 5.48. The maximum Gasteiger partial charge on any atom is 0.331 e. The second-order valence-corrected chi connectivity index (χ2v) is 4.03. The summed E-state index contributed by atoms with van der Waals surface area (Å²) in [5, 5.41) is 0.538. The summed E-state index contributed by atoms with van der Waals surface area (Å²) in [6.07, 6.45) is 1.81. The van der Waals surface area contributed by atoms with Crippen LogP contribution in [0.15, 0.2) is 30.3 Å². The van der Waals surface area contributed by atoms with E-state index >= 15 is 0 Å². The largest absolute Gasteiger partial charge is 0.463 e. The van der Waals surface area contributed by atoms with Gasteiger partial charge in [-0.3, -0.25) is 4.79 Å². The number of hydrogen-bond acceptors (Lipinski definition) is 3. The molecule has 0 saturated heterocycles. The summed E-state index contributed by atoms with van der Waals surface area (Å²) in [5.41, 5.74) is 5.87. The van der Waals surface area contributed by atoms with E-state index in [0.717, 1.165) is 6.08 Å². The van der Waals surface area contributed by atoms with Crippen LogP contribution < -0.4 is 5.73 Å². The molecule has 2 N–H and O–H groups in total. The van der Waals surface area contributed by atoms with Gasteiger partial charge in [-0.25, -0.2) is 4.79 Å². The smallest absolute Gasteiger partial charge is 0.331 e. The summed E-state index contributed by atoms with van der Waals surface area (Å²) in [6, 6.07) is 6.47. The maximum absolute atomic E-state index is 11.4. The zero-order chi connectivity index (χ0) is 13.5. The molecule has 0 saturated carbocycles. The number of carbonyl (C=O) groups excluding carboxylic acids is 2. The minimum atomic E-state index is -0.689. The van der Waals surface area contributed by atoms with Crippen molar-refractivity contribution in [2.75, 3.05) is 6.61 Å². The molecule has 0 atom stereocenters. The molecule has 5 heteroatoms. The summed E-state index contributed by atoms with van der Waals surface area (Å²) in [7, 11) is 0. The number of benzene rings is 1. The Hall–Kier alpha value is -1.81. The number of rotatable bonds is 5. The van der Waals surface area contributed by atoms with Crippen molar-refractivity contribution in [3.8, 4) is 0 Å². The highest BCUT2D eigenvalue weighted by Gasteiger charge is 2.11. The van der Waals surface area contributed by atoms with Crippen LogP contribution in [0.25, 0.3) is 5.57 Å². The number of hydrogen-bond donors (Lipinski definition) is 1.